The van der Waals surface area contributed by atoms with Crippen molar-refractivity contribution in [3.05, 3.63) is 0 Å². The summed E-state index contributed by atoms with van der Waals surface area (Å²) in [5.41, 5.74) is 0.0146. The Morgan fingerprint density at radius 3 is 2.78 bits per heavy atom. The molecule has 100 valence electrons. The number of rotatable bonds is 0. The molecule has 2 heterocycles. The zero-order chi connectivity index (χ0) is 12.9. The van der Waals surface area contributed by atoms with E-state index < -0.39 is 0 Å². The molecule has 5 atom stereocenters. The van der Waals surface area contributed by atoms with Crippen LogP contribution in [0.1, 0.15) is 39.5 Å². The van der Waals surface area contributed by atoms with Gasteiger partial charge in [0.25, 0.3) is 0 Å². The summed E-state index contributed by atoms with van der Waals surface area (Å²) in [4.78, 5) is 22.9. The maximum Gasteiger partial charge on any atom is 0.306 e. The molecule has 2 aliphatic heterocycles. The van der Waals surface area contributed by atoms with Crippen molar-refractivity contribution in [2.24, 2.45) is 23.2 Å². The van der Waals surface area contributed by atoms with Crippen molar-refractivity contribution >= 4 is 11.9 Å². The van der Waals surface area contributed by atoms with Gasteiger partial charge in [-0.2, -0.15) is 0 Å². The highest BCUT2D eigenvalue weighted by atomic mass is 16.6. The molecule has 0 bridgehead atoms. The van der Waals surface area contributed by atoms with Crippen LogP contribution in [0.15, 0.2) is 0 Å². The van der Waals surface area contributed by atoms with Crippen molar-refractivity contribution in [3.8, 4) is 0 Å². The van der Waals surface area contributed by atoms with Crippen LogP contribution in [-0.4, -0.2) is 24.6 Å². The van der Waals surface area contributed by atoms with Crippen LogP contribution in [-0.2, 0) is 19.1 Å². The van der Waals surface area contributed by atoms with E-state index in [1.807, 2.05) is 0 Å². The normalized spacial score (nSPS) is 47.7. The van der Waals surface area contributed by atoms with E-state index in [9.17, 15) is 9.59 Å². The number of ether oxygens (including phenoxy) is 2. The lowest BCUT2D eigenvalue weighted by Gasteiger charge is -2.42. The van der Waals surface area contributed by atoms with Crippen molar-refractivity contribution in [2.45, 2.75) is 45.6 Å². The number of hydrogen-bond donors (Lipinski definition) is 0. The Kier molecular flexibility index (Phi) is 2.65. The summed E-state index contributed by atoms with van der Waals surface area (Å²) in [7, 11) is 0. The molecule has 0 aromatic heterocycles. The third-order valence-corrected chi connectivity index (χ3v) is 5.10. The van der Waals surface area contributed by atoms with Crippen LogP contribution < -0.4 is 0 Å². The Balaban J connectivity index is 1.88. The summed E-state index contributed by atoms with van der Waals surface area (Å²) in [6, 6.07) is 0. The van der Waals surface area contributed by atoms with Gasteiger partial charge >= 0.3 is 11.9 Å². The fourth-order valence-electron chi connectivity index (χ4n) is 4.17. The van der Waals surface area contributed by atoms with Gasteiger partial charge in [-0.15, -0.1) is 0 Å². The number of carbonyl (C=O) groups is 2. The Hall–Kier alpha value is -1.06. The van der Waals surface area contributed by atoms with Gasteiger partial charge in [-0.05, 0) is 24.7 Å². The number of esters is 2. The van der Waals surface area contributed by atoms with Gasteiger partial charge in [0.2, 0.25) is 0 Å². The predicted molar refractivity (Wildman–Crippen MR) is 63.6 cm³/mol. The Morgan fingerprint density at radius 1 is 1.22 bits per heavy atom. The molecule has 3 fully saturated rings. The minimum absolute atomic E-state index is 0.0146. The molecule has 4 nitrogen and oxygen atoms in total. The van der Waals surface area contributed by atoms with Gasteiger partial charge in [-0.25, -0.2) is 0 Å². The van der Waals surface area contributed by atoms with E-state index in [0.29, 0.717) is 37.2 Å². The molecule has 3 aliphatic rings. The van der Waals surface area contributed by atoms with Crippen molar-refractivity contribution < 1.29 is 19.1 Å². The summed E-state index contributed by atoms with van der Waals surface area (Å²) in [6.07, 6.45) is 2.94. The van der Waals surface area contributed by atoms with Gasteiger partial charge in [-0.3, -0.25) is 9.59 Å². The second-order valence-electron chi connectivity index (χ2n) is 6.53. The fourth-order valence-corrected chi connectivity index (χ4v) is 4.17. The zero-order valence-electron chi connectivity index (χ0n) is 11.0. The first-order valence-corrected chi connectivity index (χ1v) is 6.83. The highest BCUT2D eigenvalue weighted by Crippen LogP contribution is 2.51. The third kappa shape index (κ3) is 1.82. The monoisotopic (exact) mass is 252 g/mol. The van der Waals surface area contributed by atoms with Gasteiger partial charge in [0, 0.05) is 17.8 Å². The van der Waals surface area contributed by atoms with Crippen molar-refractivity contribution in [3.63, 3.8) is 0 Å². The average molecular weight is 252 g/mol. The lowest BCUT2D eigenvalue weighted by atomic mass is 9.66. The molecule has 0 aromatic carbocycles. The molecule has 0 N–H and O–H groups in total. The van der Waals surface area contributed by atoms with Crippen LogP contribution in [0.5, 0.6) is 0 Å². The number of cyclic esters (lactones) is 1. The lowest BCUT2D eigenvalue weighted by Crippen LogP contribution is -2.42. The zero-order valence-corrected chi connectivity index (χ0v) is 11.0. The molecular weight excluding hydrogens is 232 g/mol. The minimum atomic E-state index is -0.0756. The highest BCUT2D eigenvalue weighted by molar-refractivity contribution is 5.72. The smallest absolute Gasteiger partial charge is 0.306 e. The van der Waals surface area contributed by atoms with Gasteiger partial charge in [0.05, 0.1) is 13.0 Å². The molecule has 4 heteroatoms. The quantitative estimate of drug-likeness (QED) is 0.618. The number of fused-ring (bicyclic) bond motifs is 2. The van der Waals surface area contributed by atoms with E-state index >= 15 is 0 Å². The second-order valence-corrected chi connectivity index (χ2v) is 6.53. The minimum Gasteiger partial charge on any atom is -0.465 e. The van der Waals surface area contributed by atoms with Crippen molar-refractivity contribution in [1.29, 1.82) is 0 Å². The Bertz CT molecular complexity index is 391. The molecule has 1 aliphatic carbocycles. The molecule has 3 rings (SSSR count). The maximum absolute atomic E-state index is 11.5. The molecule has 0 aromatic rings. The summed E-state index contributed by atoms with van der Waals surface area (Å²) in [6.45, 7) is 4.88. The third-order valence-electron chi connectivity index (χ3n) is 5.10. The van der Waals surface area contributed by atoms with Gasteiger partial charge in [0.15, 0.2) is 0 Å². The van der Waals surface area contributed by atoms with E-state index in [0.717, 1.165) is 12.8 Å². The van der Waals surface area contributed by atoms with E-state index in [4.69, 9.17) is 9.47 Å². The highest BCUT2D eigenvalue weighted by Gasteiger charge is 2.51. The first kappa shape index (κ1) is 12.0. The summed E-state index contributed by atoms with van der Waals surface area (Å²) < 4.78 is 10.7. The predicted octanol–water partition coefficient (Wildman–Crippen LogP) is 1.92. The van der Waals surface area contributed by atoms with Crippen LogP contribution in [0, 0.1) is 23.2 Å². The van der Waals surface area contributed by atoms with Crippen LogP contribution in [0.4, 0.5) is 0 Å². The SMILES string of the molecule is CC1CC2OC(=O)CC2CC2(C)COC(=O)CC12. The Labute approximate surface area is 107 Å². The first-order valence-electron chi connectivity index (χ1n) is 6.83. The number of carbonyl (C=O) groups excluding carboxylic acids is 2. The molecular formula is C14H20O4. The molecule has 0 radical (unpaired) electrons. The van der Waals surface area contributed by atoms with Gasteiger partial charge < -0.3 is 9.47 Å². The lowest BCUT2D eigenvalue weighted by molar-refractivity contribution is -0.162. The molecule has 1 saturated carbocycles. The largest absolute Gasteiger partial charge is 0.465 e. The van der Waals surface area contributed by atoms with Crippen LogP contribution in [0.25, 0.3) is 0 Å². The molecule has 5 unspecified atom stereocenters. The van der Waals surface area contributed by atoms with Gasteiger partial charge in [-0.1, -0.05) is 13.8 Å². The Morgan fingerprint density at radius 2 is 2.00 bits per heavy atom. The van der Waals surface area contributed by atoms with E-state index in [1.165, 1.54) is 0 Å². The second kappa shape index (κ2) is 3.97. The molecule has 0 spiro atoms. The van der Waals surface area contributed by atoms with Crippen LogP contribution in [0.3, 0.4) is 0 Å². The molecule has 0 amide bonds. The summed E-state index contributed by atoms with van der Waals surface area (Å²) in [5.74, 6) is 0.944. The molecule has 18 heavy (non-hydrogen) atoms. The maximum atomic E-state index is 11.5. The van der Waals surface area contributed by atoms with E-state index in [-0.39, 0.29) is 23.5 Å². The van der Waals surface area contributed by atoms with Crippen molar-refractivity contribution in [2.75, 3.05) is 6.61 Å². The summed E-state index contributed by atoms with van der Waals surface area (Å²) >= 11 is 0. The topological polar surface area (TPSA) is 52.6 Å². The number of hydrogen-bond acceptors (Lipinski definition) is 4. The fraction of sp³-hybridized carbons (Fsp3) is 0.857. The average Bonchev–Trinajstić information content (AvgIpc) is 2.58. The van der Waals surface area contributed by atoms with Crippen LogP contribution >= 0.6 is 0 Å². The standard InChI is InChI=1S/C14H20O4/c1-8-3-11-9(4-13(16)18-11)6-14(2)7-17-12(15)5-10(8)14/h8-11H,3-7H2,1-2H3. The van der Waals surface area contributed by atoms with E-state index in [1.54, 1.807) is 0 Å². The van der Waals surface area contributed by atoms with Crippen molar-refractivity contribution in [1.82, 2.24) is 0 Å². The van der Waals surface area contributed by atoms with Crippen LogP contribution in [0.2, 0.25) is 0 Å². The first-order chi connectivity index (χ1) is 8.48. The van der Waals surface area contributed by atoms with Gasteiger partial charge in [0.1, 0.15) is 6.10 Å². The van der Waals surface area contributed by atoms with E-state index in [2.05, 4.69) is 13.8 Å². The summed E-state index contributed by atoms with van der Waals surface area (Å²) in [5, 5.41) is 0. The molecule has 2 saturated heterocycles.